The largest absolute Gasteiger partial charge is 0.445 e. The first-order valence-electron chi connectivity index (χ1n) is 12.1. The number of carbonyl (C=O) groups excluding carboxylic acids is 4. The quantitative estimate of drug-likeness (QED) is 0.507. The Morgan fingerprint density at radius 2 is 1.79 bits per heavy atom. The molecule has 1 aliphatic heterocycles. The van der Waals surface area contributed by atoms with Crippen LogP contribution in [0.25, 0.3) is 0 Å². The fraction of sp³-hybridized carbons (Fsp3) is 0.600. The van der Waals surface area contributed by atoms with Crippen molar-refractivity contribution in [2.45, 2.75) is 83.0 Å². The summed E-state index contributed by atoms with van der Waals surface area (Å²) in [4.78, 5) is 52.5. The van der Waals surface area contributed by atoms with Crippen LogP contribution < -0.4 is 16.4 Å². The number of amides is 4. The lowest BCUT2D eigenvalue weighted by Gasteiger charge is -2.31. The van der Waals surface area contributed by atoms with Crippen LogP contribution in [-0.2, 0) is 25.7 Å². The zero-order chi connectivity index (χ0) is 24.7. The maximum Gasteiger partial charge on any atom is 0.410 e. The van der Waals surface area contributed by atoms with Gasteiger partial charge in [0.05, 0.1) is 0 Å². The van der Waals surface area contributed by atoms with Gasteiger partial charge >= 0.3 is 6.09 Å². The SMILES string of the molecule is CC(C)C[C@@H](NC(=O)[C@@H]1CCCN1C(=O)OCc1ccccc1)C(=O)NC1(C(N)=O)CCCC1. The van der Waals surface area contributed by atoms with Crippen LogP contribution in [0, 0.1) is 5.92 Å². The predicted molar refractivity (Wildman–Crippen MR) is 126 cm³/mol. The second-order valence-electron chi connectivity index (χ2n) is 9.73. The number of hydrogen-bond acceptors (Lipinski definition) is 5. The van der Waals surface area contributed by atoms with E-state index >= 15 is 0 Å². The summed E-state index contributed by atoms with van der Waals surface area (Å²) >= 11 is 0. The van der Waals surface area contributed by atoms with E-state index in [1.54, 1.807) is 0 Å². The second kappa shape index (κ2) is 11.4. The lowest BCUT2D eigenvalue weighted by atomic mass is 9.94. The summed E-state index contributed by atoms with van der Waals surface area (Å²) < 4.78 is 5.41. The third kappa shape index (κ3) is 6.27. The standard InChI is InChI=1S/C25H36N4O5/c1-17(2)15-19(21(30)28-25(23(26)32)12-6-7-13-25)27-22(31)20-11-8-14-29(20)24(33)34-16-18-9-4-3-5-10-18/h3-5,9-10,17,19-20H,6-8,11-16H2,1-2H3,(H2,26,32)(H,27,31)(H,28,30)/t19-,20+/m1/s1. The molecule has 1 aromatic rings. The minimum Gasteiger partial charge on any atom is -0.445 e. The van der Waals surface area contributed by atoms with Crippen LogP contribution in [0.4, 0.5) is 4.79 Å². The Labute approximate surface area is 200 Å². The van der Waals surface area contributed by atoms with E-state index < -0.39 is 41.4 Å². The van der Waals surface area contributed by atoms with Gasteiger partial charge in [-0.25, -0.2) is 4.79 Å². The van der Waals surface area contributed by atoms with E-state index in [1.807, 2.05) is 44.2 Å². The van der Waals surface area contributed by atoms with Crippen molar-refractivity contribution in [3.8, 4) is 0 Å². The highest BCUT2D eigenvalue weighted by molar-refractivity contribution is 5.95. The first-order chi connectivity index (χ1) is 16.2. The van der Waals surface area contributed by atoms with Crippen LogP contribution in [0.5, 0.6) is 0 Å². The molecule has 1 heterocycles. The minimum atomic E-state index is -1.06. The normalized spacial score (nSPS) is 20.1. The van der Waals surface area contributed by atoms with Crippen LogP contribution in [0.2, 0.25) is 0 Å². The average molecular weight is 473 g/mol. The molecule has 9 heteroatoms. The van der Waals surface area contributed by atoms with E-state index in [0.717, 1.165) is 18.4 Å². The van der Waals surface area contributed by atoms with Crippen molar-refractivity contribution in [3.05, 3.63) is 35.9 Å². The predicted octanol–water partition coefficient (Wildman–Crippen LogP) is 2.23. The van der Waals surface area contributed by atoms with Gasteiger partial charge in [0.15, 0.2) is 0 Å². The van der Waals surface area contributed by atoms with E-state index in [0.29, 0.717) is 38.6 Å². The summed E-state index contributed by atoms with van der Waals surface area (Å²) in [6, 6.07) is 7.80. The van der Waals surface area contributed by atoms with Gasteiger partial charge in [0.1, 0.15) is 24.2 Å². The van der Waals surface area contributed by atoms with Crippen molar-refractivity contribution in [2.24, 2.45) is 11.7 Å². The molecule has 3 rings (SSSR count). The molecule has 0 radical (unpaired) electrons. The molecule has 4 amide bonds. The monoisotopic (exact) mass is 472 g/mol. The van der Waals surface area contributed by atoms with Crippen molar-refractivity contribution in [3.63, 3.8) is 0 Å². The molecule has 2 fully saturated rings. The molecule has 0 unspecified atom stereocenters. The van der Waals surface area contributed by atoms with Crippen molar-refractivity contribution in [2.75, 3.05) is 6.54 Å². The lowest BCUT2D eigenvalue weighted by Crippen LogP contribution is -2.61. The number of nitrogens with two attached hydrogens (primary N) is 1. The molecule has 1 aliphatic carbocycles. The maximum absolute atomic E-state index is 13.1. The van der Waals surface area contributed by atoms with Crippen LogP contribution in [0.3, 0.4) is 0 Å². The van der Waals surface area contributed by atoms with Crippen molar-refractivity contribution >= 4 is 23.8 Å². The zero-order valence-electron chi connectivity index (χ0n) is 20.0. The molecular formula is C25H36N4O5. The number of primary amides is 1. The highest BCUT2D eigenvalue weighted by atomic mass is 16.6. The van der Waals surface area contributed by atoms with Crippen LogP contribution in [0.15, 0.2) is 30.3 Å². The first-order valence-corrected chi connectivity index (χ1v) is 12.1. The van der Waals surface area contributed by atoms with Gasteiger partial charge in [-0.1, -0.05) is 57.0 Å². The van der Waals surface area contributed by atoms with E-state index in [2.05, 4.69) is 10.6 Å². The van der Waals surface area contributed by atoms with Crippen molar-refractivity contribution in [1.82, 2.24) is 15.5 Å². The average Bonchev–Trinajstić information content (AvgIpc) is 3.48. The molecule has 1 saturated carbocycles. The van der Waals surface area contributed by atoms with E-state index in [9.17, 15) is 19.2 Å². The van der Waals surface area contributed by atoms with Crippen LogP contribution in [-0.4, -0.2) is 52.9 Å². The summed E-state index contributed by atoms with van der Waals surface area (Å²) in [5, 5.41) is 5.66. The van der Waals surface area contributed by atoms with Crippen molar-refractivity contribution < 1.29 is 23.9 Å². The Balaban J connectivity index is 1.63. The molecule has 186 valence electrons. The van der Waals surface area contributed by atoms with Gasteiger partial charge in [-0.15, -0.1) is 0 Å². The smallest absolute Gasteiger partial charge is 0.410 e. The van der Waals surface area contributed by atoms with Crippen molar-refractivity contribution in [1.29, 1.82) is 0 Å². The van der Waals surface area contributed by atoms with Gasteiger partial charge in [0, 0.05) is 6.54 Å². The zero-order valence-corrected chi connectivity index (χ0v) is 20.0. The summed E-state index contributed by atoms with van der Waals surface area (Å²) in [5.41, 5.74) is 5.41. The Hall–Kier alpha value is -3.10. The fourth-order valence-electron chi connectivity index (χ4n) is 4.77. The molecule has 34 heavy (non-hydrogen) atoms. The number of nitrogens with one attached hydrogen (secondary N) is 2. The number of rotatable bonds is 9. The number of ether oxygens (including phenoxy) is 1. The number of nitrogens with zero attached hydrogens (tertiary/aromatic N) is 1. The molecule has 0 spiro atoms. The number of carbonyl (C=O) groups is 4. The van der Waals surface area contributed by atoms with Gasteiger partial charge in [-0.2, -0.15) is 0 Å². The molecule has 9 nitrogen and oxygen atoms in total. The topological polar surface area (TPSA) is 131 Å². The van der Waals surface area contributed by atoms with E-state index in [1.165, 1.54) is 4.90 Å². The third-order valence-electron chi connectivity index (χ3n) is 6.63. The van der Waals surface area contributed by atoms with Crippen LogP contribution in [0.1, 0.15) is 64.4 Å². The maximum atomic E-state index is 13.1. The summed E-state index contributed by atoms with van der Waals surface area (Å²) in [6.07, 6.45) is 3.64. The molecule has 2 aliphatic rings. The minimum absolute atomic E-state index is 0.123. The highest BCUT2D eigenvalue weighted by Crippen LogP contribution is 2.29. The van der Waals surface area contributed by atoms with Gasteiger partial charge in [-0.05, 0) is 43.6 Å². The molecule has 2 atom stereocenters. The number of hydrogen-bond donors (Lipinski definition) is 3. The molecule has 4 N–H and O–H groups in total. The summed E-state index contributed by atoms with van der Waals surface area (Å²) in [7, 11) is 0. The third-order valence-corrected chi connectivity index (χ3v) is 6.63. The summed E-state index contributed by atoms with van der Waals surface area (Å²) in [6.45, 7) is 4.44. The Morgan fingerprint density at radius 3 is 2.41 bits per heavy atom. The fourth-order valence-corrected chi connectivity index (χ4v) is 4.77. The van der Waals surface area contributed by atoms with E-state index in [4.69, 9.17) is 10.5 Å². The molecule has 1 saturated heterocycles. The molecule has 0 bridgehead atoms. The summed E-state index contributed by atoms with van der Waals surface area (Å²) in [5.74, 6) is -1.23. The van der Waals surface area contributed by atoms with Gasteiger partial charge in [-0.3, -0.25) is 19.3 Å². The van der Waals surface area contributed by atoms with Gasteiger partial charge in [0.2, 0.25) is 17.7 Å². The first kappa shape index (κ1) is 25.5. The van der Waals surface area contributed by atoms with Gasteiger partial charge in [0.25, 0.3) is 0 Å². The molecule has 0 aromatic heterocycles. The van der Waals surface area contributed by atoms with Gasteiger partial charge < -0.3 is 21.1 Å². The van der Waals surface area contributed by atoms with E-state index in [-0.39, 0.29) is 12.5 Å². The molecule has 1 aromatic carbocycles. The Morgan fingerprint density at radius 1 is 1.12 bits per heavy atom. The Bertz CT molecular complexity index is 883. The van der Waals surface area contributed by atoms with Crippen LogP contribution >= 0.6 is 0 Å². The number of benzene rings is 1. The second-order valence-corrected chi connectivity index (χ2v) is 9.73. The molecular weight excluding hydrogens is 436 g/mol. The highest BCUT2D eigenvalue weighted by Gasteiger charge is 2.43. The number of likely N-dealkylation sites (tertiary alicyclic amines) is 1. The lowest BCUT2D eigenvalue weighted by molar-refractivity contribution is -0.135. The Kier molecular flexibility index (Phi) is 8.52.